The second-order valence-electron chi connectivity index (χ2n) is 4.82. The first-order valence-corrected chi connectivity index (χ1v) is 8.05. The highest BCUT2D eigenvalue weighted by atomic mass is 32.2. The van der Waals surface area contributed by atoms with E-state index < -0.39 is 10.0 Å². The van der Waals surface area contributed by atoms with E-state index >= 15 is 0 Å². The largest absolute Gasteiger partial charge is 0.491 e. The van der Waals surface area contributed by atoms with Crippen molar-refractivity contribution in [2.45, 2.75) is 44.6 Å². The highest BCUT2D eigenvalue weighted by Crippen LogP contribution is 2.19. The fourth-order valence-electron chi connectivity index (χ4n) is 1.64. The molecule has 1 aromatic carbocycles. The lowest BCUT2D eigenvalue weighted by atomic mass is 10.3. The molecular formula is C14H23NO3S. The van der Waals surface area contributed by atoms with Crippen molar-refractivity contribution in [3.8, 4) is 5.75 Å². The van der Waals surface area contributed by atoms with Crippen molar-refractivity contribution < 1.29 is 13.2 Å². The zero-order chi connectivity index (χ0) is 14.5. The molecule has 0 saturated carbocycles. The minimum atomic E-state index is -3.38. The Hall–Kier alpha value is -1.07. The zero-order valence-corrected chi connectivity index (χ0v) is 12.9. The lowest BCUT2D eigenvalue weighted by Gasteiger charge is -2.17. The summed E-state index contributed by atoms with van der Waals surface area (Å²) >= 11 is 0. The molecule has 0 aromatic heterocycles. The van der Waals surface area contributed by atoms with Gasteiger partial charge in [0.2, 0.25) is 10.0 Å². The molecule has 0 aliphatic heterocycles. The van der Waals surface area contributed by atoms with Gasteiger partial charge in [-0.25, -0.2) is 12.7 Å². The van der Waals surface area contributed by atoms with E-state index in [0.717, 1.165) is 12.8 Å². The normalized spacial score (nSPS) is 12.1. The molecule has 0 spiro atoms. The molecular weight excluding hydrogens is 262 g/mol. The summed E-state index contributed by atoms with van der Waals surface area (Å²) in [5.74, 6) is 0.685. The summed E-state index contributed by atoms with van der Waals surface area (Å²) in [5, 5.41) is 0. The maximum Gasteiger partial charge on any atom is 0.242 e. The molecule has 0 atom stereocenters. The average molecular weight is 285 g/mol. The van der Waals surface area contributed by atoms with Crippen molar-refractivity contribution in [1.29, 1.82) is 0 Å². The smallest absolute Gasteiger partial charge is 0.242 e. The number of benzene rings is 1. The summed E-state index contributed by atoms with van der Waals surface area (Å²) in [6.07, 6.45) is 1.92. The minimum absolute atomic E-state index is 0.0784. The molecule has 5 heteroatoms. The maximum absolute atomic E-state index is 12.3. The standard InChI is InChI=1S/C14H23NO3S/c1-5-6-11-15(4)19(16,17)14-9-7-13(8-10-14)18-12(2)3/h7-10,12H,5-6,11H2,1-4H3. The van der Waals surface area contributed by atoms with Crippen LogP contribution in [0.2, 0.25) is 0 Å². The van der Waals surface area contributed by atoms with Crippen molar-refractivity contribution >= 4 is 10.0 Å². The lowest BCUT2D eigenvalue weighted by molar-refractivity contribution is 0.242. The molecule has 0 N–H and O–H groups in total. The average Bonchev–Trinajstić information content (AvgIpc) is 2.35. The van der Waals surface area contributed by atoms with Crippen LogP contribution in [0.3, 0.4) is 0 Å². The Morgan fingerprint density at radius 2 is 1.79 bits per heavy atom. The highest BCUT2D eigenvalue weighted by molar-refractivity contribution is 7.89. The van der Waals surface area contributed by atoms with Gasteiger partial charge in [0.1, 0.15) is 5.75 Å². The van der Waals surface area contributed by atoms with Crippen LogP contribution >= 0.6 is 0 Å². The van der Waals surface area contributed by atoms with Gasteiger partial charge in [-0.1, -0.05) is 13.3 Å². The summed E-state index contributed by atoms with van der Waals surface area (Å²) in [7, 11) is -1.76. The van der Waals surface area contributed by atoms with Gasteiger partial charge in [-0.15, -0.1) is 0 Å². The van der Waals surface area contributed by atoms with Crippen molar-refractivity contribution in [1.82, 2.24) is 4.31 Å². The van der Waals surface area contributed by atoms with Crippen LogP contribution in [0.5, 0.6) is 5.75 Å². The van der Waals surface area contributed by atoms with Crippen LogP contribution in [0.15, 0.2) is 29.2 Å². The molecule has 0 bridgehead atoms. The van der Waals surface area contributed by atoms with Crippen LogP contribution in [0.1, 0.15) is 33.6 Å². The summed E-state index contributed by atoms with van der Waals surface area (Å²) < 4.78 is 31.4. The van der Waals surface area contributed by atoms with Gasteiger partial charge in [0, 0.05) is 13.6 Å². The summed E-state index contributed by atoms with van der Waals surface area (Å²) in [5.41, 5.74) is 0. The summed E-state index contributed by atoms with van der Waals surface area (Å²) in [6.45, 7) is 6.45. The van der Waals surface area contributed by atoms with E-state index in [-0.39, 0.29) is 6.10 Å². The van der Waals surface area contributed by atoms with Gasteiger partial charge in [0.05, 0.1) is 11.0 Å². The van der Waals surface area contributed by atoms with E-state index in [1.165, 1.54) is 4.31 Å². The van der Waals surface area contributed by atoms with Crippen LogP contribution in [0, 0.1) is 0 Å². The Balaban J connectivity index is 2.84. The van der Waals surface area contributed by atoms with Gasteiger partial charge in [-0.05, 0) is 44.5 Å². The molecule has 1 aromatic rings. The van der Waals surface area contributed by atoms with Crippen molar-refractivity contribution in [2.24, 2.45) is 0 Å². The second kappa shape index (κ2) is 6.91. The van der Waals surface area contributed by atoms with E-state index in [9.17, 15) is 8.42 Å². The third-order valence-electron chi connectivity index (χ3n) is 2.73. The number of sulfonamides is 1. The number of hydrogen-bond donors (Lipinski definition) is 0. The van der Waals surface area contributed by atoms with E-state index in [2.05, 4.69) is 0 Å². The lowest BCUT2D eigenvalue weighted by Crippen LogP contribution is -2.27. The molecule has 0 aliphatic rings. The molecule has 0 heterocycles. The van der Waals surface area contributed by atoms with Crippen LogP contribution in [-0.2, 0) is 10.0 Å². The first-order chi connectivity index (χ1) is 8.87. The molecule has 0 amide bonds. The first kappa shape index (κ1) is 16.0. The Labute approximate surface area is 116 Å². The topological polar surface area (TPSA) is 46.6 Å². The first-order valence-electron chi connectivity index (χ1n) is 6.61. The predicted molar refractivity (Wildman–Crippen MR) is 76.9 cm³/mol. The van der Waals surface area contributed by atoms with Crippen molar-refractivity contribution in [3.05, 3.63) is 24.3 Å². The highest BCUT2D eigenvalue weighted by Gasteiger charge is 2.19. The quantitative estimate of drug-likeness (QED) is 0.774. The maximum atomic E-state index is 12.3. The Morgan fingerprint density at radius 1 is 1.21 bits per heavy atom. The van der Waals surface area contributed by atoms with Crippen molar-refractivity contribution in [2.75, 3.05) is 13.6 Å². The number of nitrogens with zero attached hydrogens (tertiary/aromatic N) is 1. The van der Waals surface area contributed by atoms with Crippen LogP contribution < -0.4 is 4.74 Å². The van der Waals surface area contributed by atoms with Gasteiger partial charge in [-0.2, -0.15) is 0 Å². The SMILES string of the molecule is CCCCN(C)S(=O)(=O)c1ccc(OC(C)C)cc1. The Morgan fingerprint density at radius 3 is 2.26 bits per heavy atom. The molecule has 108 valence electrons. The summed E-state index contributed by atoms with van der Waals surface area (Å²) in [4.78, 5) is 0.308. The van der Waals surface area contributed by atoms with Gasteiger partial charge >= 0.3 is 0 Å². The number of rotatable bonds is 7. The number of unbranched alkanes of at least 4 members (excludes halogenated alkanes) is 1. The van der Waals surface area contributed by atoms with Crippen molar-refractivity contribution in [3.63, 3.8) is 0 Å². The van der Waals surface area contributed by atoms with Gasteiger partial charge in [0.25, 0.3) is 0 Å². The van der Waals surface area contributed by atoms with E-state index in [1.54, 1.807) is 31.3 Å². The third kappa shape index (κ3) is 4.51. The molecule has 0 aliphatic carbocycles. The second-order valence-corrected chi connectivity index (χ2v) is 6.86. The molecule has 4 nitrogen and oxygen atoms in total. The van der Waals surface area contributed by atoms with E-state index in [1.807, 2.05) is 20.8 Å². The molecule has 19 heavy (non-hydrogen) atoms. The van der Waals surface area contributed by atoms with Crippen LogP contribution in [0.25, 0.3) is 0 Å². The van der Waals surface area contributed by atoms with Crippen LogP contribution in [-0.4, -0.2) is 32.4 Å². The Kier molecular flexibility index (Phi) is 5.82. The van der Waals surface area contributed by atoms with Gasteiger partial charge in [-0.3, -0.25) is 0 Å². The Bertz CT molecular complexity index is 480. The number of hydrogen-bond acceptors (Lipinski definition) is 3. The molecule has 0 unspecified atom stereocenters. The summed E-state index contributed by atoms with van der Waals surface area (Å²) in [6, 6.07) is 6.58. The van der Waals surface area contributed by atoms with E-state index in [4.69, 9.17) is 4.74 Å². The number of ether oxygens (including phenoxy) is 1. The van der Waals surface area contributed by atoms with Gasteiger partial charge in [0.15, 0.2) is 0 Å². The fraction of sp³-hybridized carbons (Fsp3) is 0.571. The van der Waals surface area contributed by atoms with Gasteiger partial charge < -0.3 is 4.74 Å². The third-order valence-corrected chi connectivity index (χ3v) is 4.60. The van der Waals surface area contributed by atoms with Crippen LogP contribution in [0.4, 0.5) is 0 Å². The molecule has 1 rings (SSSR count). The minimum Gasteiger partial charge on any atom is -0.491 e. The fourth-order valence-corrected chi connectivity index (χ4v) is 2.85. The predicted octanol–water partition coefficient (Wildman–Crippen LogP) is 2.89. The molecule has 0 radical (unpaired) electrons. The molecule has 0 fully saturated rings. The van der Waals surface area contributed by atoms with E-state index in [0.29, 0.717) is 17.2 Å². The zero-order valence-electron chi connectivity index (χ0n) is 12.1. The molecule has 0 saturated heterocycles. The monoisotopic (exact) mass is 285 g/mol.